The van der Waals surface area contributed by atoms with Crippen LogP contribution < -0.4 is 10.5 Å². The van der Waals surface area contributed by atoms with Gasteiger partial charge in [-0.05, 0) is 26.0 Å². The third kappa shape index (κ3) is 2.42. The molecule has 2 aromatic rings. The Morgan fingerprint density at radius 3 is 2.63 bits per heavy atom. The highest BCUT2D eigenvalue weighted by Crippen LogP contribution is 2.33. The molecule has 0 amide bonds. The van der Waals surface area contributed by atoms with Crippen LogP contribution >= 0.6 is 11.6 Å². The Bertz CT molecular complexity index is 648. The molecule has 0 fully saturated rings. The number of hydrogen-bond acceptors (Lipinski definition) is 3. The van der Waals surface area contributed by atoms with Gasteiger partial charge in [-0.2, -0.15) is 5.10 Å². The monoisotopic (exact) mass is 278 g/mol. The van der Waals surface area contributed by atoms with Crippen LogP contribution in [0.4, 0.5) is 0 Å². The van der Waals surface area contributed by atoms with E-state index in [1.54, 1.807) is 22.9 Å². The highest BCUT2D eigenvalue weighted by atomic mass is 35.5. The first kappa shape index (κ1) is 13.4. The van der Waals surface area contributed by atoms with E-state index < -0.39 is 0 Å². The number of nitrogen functional groups attached to an aromatic ring is 1. The maximum absolute atomic E-state index is 7.59. The standard InChI is InChI=1S/C13H15ClN4O/c1-7-12(8(2)18(3)17-7)19-10-6-4-5-9(14)11(10)13(15)16/h4-6H,1-3H3,(H3,15,16). The molecule has 1 aromatic heterocycles. The summed E-state index contributed by atoms with van der Waals surface area (Å²) in [5, 5.41) is 12.3. The SMILES string of the molecule is Cc1nn(C)c(C)c1Oc1cccc(Cl)c1C(=N)N. The van der Waals surface area contributed by atoms with E-state index in [4.69, 9.17) is 27.5 Å². The second-order valence-corrected chi connectivity index (χ2v) is 4.66. The number of halogens is 1. The summed E-state index contributed by atoms with van der Waals surface area (Å²) in [6.45, 7) is 3.77. The molecule has 0 spiro atoms. The fraction of sp³-hybridized carbons (Fsp3) is 0.231. The van der Waals surface area contributed by atoms with Crippen LogP contribution in [-0.4, -0.2) is 15.6 Å². The summed E-state index contributed by atoms with van der Waals surface area (Å²) in [7, 11) is 1.85. The van der Waals surface area contributed by atoms with Crippen molar-refractivity contribution < 1.29 is 4.74 Å². The van der Waals surface area contributed by atoms with E-state index in [1.807, 2.05) is 20.9 Å². The van der Waals surface area contributed by atoms with E-state index >= 15 is 0 Å². The van der Waals surface area contributed by atoms with Crippen LogP contribution in [-0.2, 0) is 7.05 Å². The van der Waals surface area contributed by atoms with Crippen molar-refractivity contribution in [3.8, 4) is 11.5 Å². The first-order valence-corrected chi connectivity index (χ1v) is 6.10. The van der Waals surface area contributed by atoms with E-state index in [0.29, 0.717) is 22.1 Å². The van der Waals surface area contributed by atoms with E-state index in [9.17, 15) is 0 Å². The molecule has 0 unspecified atom stereocenters. The number of aryl methyl sites for hydroxylation is 2. The van der Waals surface area contributed by atoms with Crippen molar-refractivity contribution in [2.45, 2.75) is 13.8 Å². The van der Waals surface area contributed by atoms with Crippen molar-refractivity contribution in [2.24, 2.45) is 12.8 Å². The van der Waals surface area contributed by atoms with Crippen LogP contribution in [0.15, 0.2) is 18.2 Å². The first-order valence-electron chi connectivity index (χ1n) is 5.72. The lowest BCUT2D eigenvalue weighted by Gasteiger charge is -2.11. The fourth-order valence-electron chi connectivity index (χ4n) is 1.86. The van der Waals surface area contributed by atoms with Gasteiger partial charge in [0.05, 0.1) is 16.3 Å². The van der Waals surface area contributed by atoms with Crippen LogP contribution in [0.3, 0.4) is 0 Å². The molecule has 1 heterocycles. The van der Waals surface area contributed by atoms with E-state index in [-0.39, 0.29) is 5.84 Å². The molecule has 2 rings (SSSR count). The second-order valence-electron chi connectivity index (χ2n) is 4.25. The largest absolute Gasteiger partial charge is 0.453 e. The zero-order valence-corrected chi connectivity index (χ0v) is 11.7. The Morgan fingerprint density at radius 2 is 2.11 bits per heavy atom. The summed E-state index contributed by atoms with van der Waals surface area (Å²) >= 11 is 6.05. The first-order chi connectivity index (χ1) is 8.91. The van der Waals surface area contributed by atoms with Crippen molar-refractivity contribution >= 4 is 17.4 Å². The van der Waals surface area contributed by atoms with E-state index in [2.05, 4.69) is 5.10 Å². The minimum Gasteiger partial charge on any atom is -0.453 e. The number of amidine groups is 1. The Balaban J connectivity index is 2.50. The molecule has 1 aromatic carbocycles. The Kier molecular flexibility index (Phi) is 3.48. The summed E-state index contributed by atoms with van der Waals surface area (Å²) in [5.74, 6) is 0.992. The molecular formula is C13H15ClN4O. The molecule has 0 saturated heterocycles. The summed E-state index contributed by atoms with van der Waals surface area (Å²) < 4.78 is 7.58. The third-order valence-electron chi connectivity index (χ3n) is 2.90. The minimum atomic E-state index is -0.125. The lowest BCUT2D eigenvalue weighted by atomic mass is 10.2. The molecule has 0 radical (unpaired) electrons. The van der Waals surface area contributed by atoms with Gasteiger partial charge in [0.25, 0.3) is 0 Å². The summed E-state index contributed by atoms with van der Waals surface area (Å²) in [6.07, 6.45) is 0. The van der Waals surface area contributed by atoms with Gasteiger partial charge in [0.15, 0.2) is 5.75 Å². The van der Waals surface area contributed by atoms with Crippen molar-refractivity contribution in [1.82, 2.24) is 9.78 Å². The van der Waals surface area contributed by atoms with E-state index in [0.717, 1.165) is 11.4 Å². The zero-order valence-electron chi connectivity index (χ0n) is 11.0. The van der Waals surface area contributed by atoms with Gasteiger partial charge < -0.3 is 10.5 Å². The Hall–Kier alpha value is -2.01. The van der Waals surface area contributed by atoms with Crippen LogP contribution in [0.25, 0.3) is 0 Å². The summed E-state index contributed by atoms with van der Waals surface area (Å²) in [5.41, 5.74) is 7.61. The van der Waals surface area contributed by atoms with Gasteiger partial charge in [0.2, 0.25) is 0 Å². The normalized spacial score (nSPS) is 10.5. The lowest BCUT2D eigenvalue weighted by Crippen LogP contribution is -2.13. The molecule has 3 N–H and O–H groups in total. The van der Waals surface area contributed by atoms with Crippen LogP contribution in [0, 0.1) is 19.3 Å². The molecule has 0 aliphatic carbocycles. The molecule has 100 valence electrons. The third-order valence-corrected chi connectivity index (χ3v) is 3.21. The fourth-order valence-corrected chi connectivity index (χ4v) is 2.13. The lowest BCUT2D eigenvalue weighted by molar-refractivity contribution is 0.473. The Morgan fingerprint density at radius 1 is 1.42 bits per heavy atom. The maximum atomic E-state index is 7.59. The molecule has 19 heavy (non-hydrogen) atoms. The molecule has 0 atom stereocenters. The number of aromatic nitrogens is 2. The molecule has 0 aliphatic rings. The topological polar surface area (TPSA) is 76.9 Å². The van der Waals surface area contributed by atoms with Crippen molar-refractivity contribution in [3.63, 3.8) is 0 Å². The molecule has 0 saturated carbocycles. The average Bonchev–Trinajstić information content (AvgIpc) is 2.55. The smallest absolute Gasteiger partial charge is 0.171 e. The van der Waals surface area contributed by atoms with Gasteiger partial charge in [-0.1, -0.05) is 17.7 Å². The van der Waals surface area contributed by atoms with Gasteiger partial charge in [-0.25, -0.2) is 0 Å². The number of ether oxygens (including phenoxy) is 1. The number of nitrogens with two attached hydrogens (primary N) is 1. The molecule has 0 bridgehead atoms. The van der Waals surface area contributed by atoms with Gasteiger partial charge in [-0.15, -0.1) is 0 Å². The predicted molar refractivity (Wildman–Crippen MR) is 75.2 cm³/mol. The maximum Gasteiger partial charge on any atom is 0.171 e. The number of rotatable bonds is 3. The van der Waals surface area contributed by atoms with E-state index in [1.165, 1.54) is 0 Å². The molecule has 5 nitrogen and oxygen atoms in total. The second kappa shape index (κ2) is 4.93. The van der Waals surface area contributed by atoms with Crippen molar-refractivity contribution in [2.75, 3.05) is 0 Å². The Labute approximate surface area is 116 Å². The highest BCUT2D eigenvalue weighted by Gasteiger charge is 2.16. The van der Waals surface area contributed by atoms with Gasteiger partial charge in [0, 0.05) is 7.05 Å². The number of nitrogens with zero attached hydrogens (tertiary/aromatic N) is 2. The van der Waals surface area contributed by atoms with Crippen LogP contribution in [0.1, 0.15) is 17.0 Å². The van der Waals surface area contributed by atoms with Gasteiger partial charge >= 0.3 is 0 Å². The molecule has 0 aliphatic heterocycles. The number of nitrogens with one attached hydrogen (secondary N) is 1. The zero-order chi connectivity index (χ0) is 14.2. The van der Waals surface area contributed by atoms with Gasteiger partial charge in [0.1, 0.15) is 17.3 Å². The summed E-state index contributed by atoms with van der Waals surface area (Å²) in [6, 6.07) is 5.16. The quantitative estimate of drug-likeness (QED) is 0.669. The van der Waals surface area contributed by atoms with Crippen molar-refractivity contribution in [1.29, 1.82) is 5.41 Å². The highest BCUT2D eigenvalue weighted by molar-refractivity contribution is 6.34. The molecular weight excluding hydrogens is 264 g/mol. The molecule has 6 heteroatoms. The predicted octanol–water partition coefficient (Wildman–Crippen LogP) is 2.77. The van der Waals surface area contributed by atoms with Gasteiger partial charge in [-0.3, -0.25) is 10.1 Å². The van der Waals surface area contributed by atoms with Crippen LogP contribution in [0.5, 0.6) is 11.5 Å². The summed E-state index contributed by atoms with van der Waals surface area (Å²) in [4.78, 5) is 0. The number of benzene rings is 1. The van der Waals surface area contributed by atoms with Crippen LogP contribution in [0.2, 0.25) is 5.02 Å². The minimum absolute atomic E-state index is 0.125. The average molecular weight is 279 g/mol. The van der Waals surface area contributed by atoms with Crippen molar-refractivity contribution in [3.05, 3.63) is 40.2 Å². The number of hydrogen-bond donors (Lipinski definition) is 2.